The lowest BCUT2D eigenvalue weighted by molar-refractivity contribution is 0.560. The number of aromatic nitrogens is 4. The summed E-state index contributed by atoms with van der Waals surface area (Å²) in [6, 6.07) is 4.52. The third kappa shape index (κ3) is 2.67. The maximum absolute atomic E-state index is 4.52. The van der Waals surface area contributed by atoms with Crippen LogP contribution in [0.3, 0.4) is 0 Å². The Labute approximate surface area is 137 Å². The molecule has 0 saturated heterocycles. The van der Waals surface area contributed by atoms with Crippen molar-refractivity contribution in [2.45, 2.75) is 59.3 Å². The van der Waals surface area contributed by atoms with Crippen molar-refractivity contribution in [2.24, 2.45) is 0 Å². The van der Waals surface area contributed by atoms with Crippen molar-refractivity contribution in [3.63, 3.8) is 0 Å². The fourth-order valence-corrected chi connectivity index (χ4v) is 3.31. The van der Waals surface area contributed by atoms with E-state index in [0.717, 1.165) is 16.9 Å². The van der Waals surface area contributed by atoms with Crippen molar-refractivity contribution in [3.8, 4) is 5.69 Å². The Balaban J connectivity index is 2.32. The first-order chi connectivity index (χ1) is 10.6. The van der Waals surface area contributed by atoms with Crippen LogP contribution < -0.4 is 0 Å². The minimum Gasteiger partial charge on any atom is -0.329 e. The predicted octanol–water partition coefficient (Wildman–Crippen LogP) is 4.65. The number of aromatic amines is 1. The zero-order valence-corrected chi connectivity index (χ0v) is 15.2. The highest BCUT2D eigenvalue weighted by Gasteiger charge is 2.25. The van der Waals surface area contributed by atoms with Gasteiger partial charge in [0.05, 0.1) is 18.2 Å². The topological polar surface area (TPSA) is 46.5 Å². The first-order valence-electron chi connectivity index (χ1n) is 8.12. The van der Waals surface area contributed by atoms with Crippen LogP contribution in [0, 0.1) is 6.92 Å². The lowest BCUT2D eigenvalue weighted by Gasteiger charge is -2.29. The molecule has 0 aliphatic heterocycles. The summed E-state index contributed by atoms with van der Waals surface area (Å²) in [4.78, 5) is 7.47. The molecule has 23 heavy (non-hydrogen) atoms. The van der Waals surface area contributed by atoms with E-state index in [2.05, 4.69) is 75.7 Å². The fraction of sp³-hybridized carbons (Fsp3) is 0.474. The summed E-state index contributed by atoms with van der Waals surface area (Å²) in [6.07, 6.45) is 3.52. The summed E-state index contributed by atoms with van der Waals surface area (Å²) in [6.45, 7) is 15.8. The third-order valence-electron chi connectivity index (χ3n) is 4.41. The summed E-state index contributed by atoms with van der Waals surface area (Å²) in [7, 11) is 0. The first-order valence-corrected chi connectivity index (χ1v) is 8.12. The number of hydrogen-bond donors (Lipinski definition) is 1. The molecule has 1 aromatic carbocycles. The molecule has 122 valence electrons. The molecule has 1 N–H and O–H groups in total. The van der Waals surface area contributed by atoms with Gasteiger partial charge in [0.2, 0.25) is 0 Å². The molecular formula is C19H26N4. The molecule has 0 amide bonds. The highest BCUT2D eigenvalue weighted by molar-refractivity contribution is 5.72. The molecule has 0 aliphatic carbocycles. The van der Waals surface area contributed by atoms with E-state index >= 15 is 0 Å². The minimum atomic E-state index is 0.0837. The van der Waals surface area contributed by atoms with Crippen LogP contribution >= 0.6 is 0 Å². The van der Waals surface area contributed by atoms with Crippen LogP contribution in [0.15, 0.2) is 24.7 Å². The second kappa shape index (κ2) is 4.95. The number of fused-ring (bicyclic) bond motifs is 1. The Bertz CT molecular complexity index is 818. The lowest BCUT2D eigenvalue weighted by Crippen LogP contribution is -2.20. The number of hydrogen-bond acceptors (Lipinski definition) is 2. The van der Waals surface area contributed by atoms with Crippen molar-refractivity contribution < 1.29 is 0 Å². The quantitative estimate of drug-likeness (QED) is 0.711. The lowest BCUT2D eigenvalue weighted by atomic mass is 9.76. The van der Waals surface area contributed by atoms with E-state index < -0.39 is 0 Å². The van der Waals surface area contributed by atoms with Gasteiger partial charge in [-0.15, -0.1) is 0 Å². The Morgan fingerprint density at radius 3 is 2.04 bits per heavy atom. The highest BCUT2D eigenvalue weighted by Crippen LogP contribution is 2.35. The van der Waals surface area contributed by atoms with Crippen LogP contribution in [-0.4, -0.2) is 19.7 Å². The molecule has 0 spiro atoms. The summed E-state index contributed by atoms with van der Waals surface area (Å²) >= 11 is 0. The van der Waals surface area contributed by atoms with E-state index in [1.165, 1.54) is 16.7 Å². The number of benzene rings is 1. The summed E-state index contributed by atoms with van der Waals surface area (Å²) in [5.41, 5.74) is 7.19. The molecule has 0 fully saturated rings. The normalized spacial score (nSPS) is 13.0. The van der Waals surface area contributed by atoms with Crippen LogP contribution in [0.4, 0.5) is 0 Å². The van der Waals surface area contributed by atoms with Gasteiger partial charge in [0.15, 0.2) is 5.65 Å². The number of H-pyrrole nitrogens is 1. The fourth-order valence-electron chi connectivity index (χ4n) is 3.31. The molecule has 2 aromatic heterocycles. The number of nitrogens with one attached hydrogen (secondary N) is 1. The second-order valence-corrected chi connectivity index (χ2v) is 8.36. The third-order valence-corrected chi connectivity index (χ3v) is 4.41. The average molecular weight is 310 g/mol. The van der Waals surface area contributed by atoms with Gasteiger partial charge in [0, 0.05) is 0 Å². The first kappa shape index (κ1) is 15.8. The number of imidazole rings is 1. The molecule has 2 heterocycles. The summed E-state index contributed by atoms with van der Waals surface area (Å²) in [5.74, 6) is 0. The average Bonchev–Trinajstić information content (AvgIpc) is 2.98. The van der Waals surface area contributed by atoms with Crippen LogP contribution in [0.2, 0.25) is 0 Å². The van der Waals surface area contributed by atoms with Gasteiger partial charge in [0.1, 0.15) is 5.52 Å². The summed E-state index contributed by atoms with van der Waals surface area (Å²) < 4.78 is 1.95. The van der Waals surface area contributed by atoms with Crippen molar-refractivity contribution in [1.29, 1.82) is 0 Å². The van der Waals surface area contributed by atoms with E-state index in [1.807, 2.05) is 4.68 Å². The van der Waals surface area contributed by atoms with Crippen molar-refractivity contribution in [2.75, 3.05) is 0 Å². The Hall–Kier alpha value is -2.10. The molecule has 3 aromatic rings. The van der Waals surface area contributed by atoms with Crippen molar-refractivity contribution >= 4 is 11.2 Å². The minimum absolute atomic E-state index is 0.0837. The molecule has 4 nitrogen and oxygen atoms in total. The van der Waals surface area contributed by atoms with Crippen LogP contribution in [0.25, 0.3) is 16.9 Å². The number of nitrogens with zero attached hydrogens (tertiary/aromatic N) is 3. The second-order valence-electron chi connectivity index (χ2n) is 8.36. The molecular weight excluding hydrogens is 284 g/mol. The van der Waals surface area contributed by atoms with Crippen molar-refractivity contribution in [1.82, 2.24) is 19.7 Å². The smallest absolute Gasteiger partial charge is 0.160 e. The maximum Gasteiger partial charge on any atom is 0.160 e. The summed E-state index contributed by atoms with van der Waals surface area (Å²) in [5, 5.41) is 4.52. The van der Waals surface area contributed by atoms with Gasteiger partial charge in [-0.2, -0.15) is 5.10 Å². The van der Waals surface area contributed by atoms with E-state index in [-0.39, 0.29) is 10.8 Å². The van der Waals surface area contributed by atoms with Gasteiger partial charge in [-0.25, -0.2) is 9.67 Å². The standard InChI is InChI=1S/C19H26N4/c1-12-14(18(2,3)4)8-13(9-15(12)19(5,6)7)23-17-16(10-22-23)20-11-21-17/h8-11H,1-7H3,(H,20,21). The van der Waals surface area contributed by atoms with Crippen molar-refractivity contribution in [3.05, 3.63) is 41.3 Å². The molecule has 0 unspecified atom stereocenters. The maximum atomic E-state index is 4.52. The molecule has 3 rings (SSSR count). The zero-order valence-electron chi connectivity index (χ0n) is 15.2. The highest BCUT2D eigenvalue weighted by atomic mass is 15.3. The largest absolute Gasteiger partial charge is 0.329 e. The monoisotopic (exact) mass is 310 g/mol. The van der Waals surface area contributed by atoms with Gasteiger partial charge in [-0.1, -0.05) is 41.5 Å². The Morgan fingerprint density at radius 1 is 0.957 bits per heavy atom. The molecule has 0 radical (unpaired) electrons. The Morgan fingerprint density at radius 2 is 1.52 bits per heavy atom. The van der Waals surface area contributed by atoms with Gasteiger partial charge in [0.25, 0.3) is 0 Å². The molecule has 4 heteroatoms. The van der Waals surface area contributed by atoms with Gasteiger partial charge in [-0.05, 0) is 46.6 Å². The molecule has 0 aliphatic rings. The van der Waals surface area contributed by atoms with Gasteiger partial charge < -0.3 is 4.98 Å². The van der Waals surface area contributed by atoms with E-state index in [9.17, 15) is 0 Å². The van der Waals surface area contributed by atoms with Crippen LogP contribution in [0.5, 0.6) is 0 Å². The van der Waals surface area contributed by atoms with Gasteiger partial charge in [-0.3, -0.25) is 0 Å². The molecule has 0 bridgehead atoms. The van der Waals surface area contributed by atoms with Gasteiger partial charge >= 0.3 is 0 Å². The predicted molar refractivity (Wildman–Crippen MR) is 95.4 cm³/mol. The van der Waals surface area contributed by atoms with Crippen LogP contribution in [0.1, 0.15) is 58.2 Å². The molecule has 0 atom stereocenters. The van der Waals surface area contributed by atoms with E-state index in [1.54, 1.807) is 12.5 Å². The SMILES string of the molecule is Cc1c(C(C)(C)C)cc(-n2ncc3nc[nH]c32)cc1C(C)(C)C. The van der Waals surface area contributed by atoms with Crippen LogP contribution in [-0.2, 0) is 10.8 Å². The zero-order chi connectivity index (χ0) is 17.0. The number of rotatable bonds is 1. The van der Waals surface area contributed by atoms with E-state index in [0.29, 0.717) is 0 Å². The Kier molecular flexibility index (Phi) is 3.40. The van der Waals surface area contributed by atoms with E-state index in [4.69, 9.17) is 0 Å². The molecule has 0 saturated carbocycles.